The van der Waals surface area contributed by atoms with Gasteiger partial charge >= 0.3 is 0 Å². The lowest BCUT2D eigenvalue weighted by Crippen LogP contribution is -2.14. The van der Waals surface area contributed by atoms with Crippen LogP contribution in [0, 0.1) is 20.8 Å². The number of aryl methyl sites for hydroxylation is 3. The van der Waals surface area contributed by atoms with Crippen LogP contribution in [0.25, 0.3) is 0 Å². The van der Waals surface area contributed by atoms with Crippen LogP contribution in [0.3, 0.4) is 0 Å². The maximum Gasteiger partial charge on any atom is 0.259 e. The summed E-state index contributed by atoms with van der Waals surface area (Å²) in [6.07, 6.45) is 0. The van der Waals surface area contributed by atoms with Crippen LogP contribution < -0.4 is 11.1 Å². The second-order valence-electron chi connectivity index (χ2n) is 4.21. The van der Waals surface area contributed by atoms with Crippen molar-refractivity contribution in [3.05, 3.63) is 39.9 Å². The first-order chi connectivity index (χ1) is 8.47. The van der Waals surface area contributed by atoms with Gasteiger partial charge in [0.1, 0.15) is 0 Å². The molecule has 0 bridgehead atoms. The SMILES string of the molecule is Cc1ccc(N)c(C(=O)Nc2nc(C)c(C)s2)c1. The van der Waals surface area contributed by atoms with Gasteiger partial charge in [-0.15, -0.1) is 11.3 Å². The number of rotatable bonds is 2. The number of amides is 1. The minimum atomic E-state index is -0.218. The average molecular weight is 261 g/mol. The first-order valence-electron chi connectivity index (χ1n) is 5.59. The second kappa shape index (κ2) is 4.78. The molecule has 94 valence electrons. The Morgan fingerprint density at radius 2 is 2.06 bits per heavy atom. The highest BCUT2D eigenvalue weighted by molar-refractivity contribution is 7.15. The molecule has 3 N–H and O–H groups in total. The van der Waals surface area contributed by atoms with Crippen molar-refractivity contribution in [2.75, 3.05) is 11.1 Å². The fraction of sp³-hybridized carbons (Fsp3) is 0.231. The van der Waals surface area contributed by atoms with E-state index in [1.54, 1.807) is 12.1 Å². The predicted molar refractivity (Wildman–Crippen MR) is 75.1 cm³/mol. The summed E-state index contributed by atoms with van der Waals surface area (Å²) >= 11 is 1.46. The molecule has 1 amide bonds. The zero-order valence-electron chi connectivity index (χ0n) is 10.6. The van der Waals surface area contributed by atoms with Crippen molar-refractivity contribution < 1.29 is 4.79 Å². The minimum absolute atomic E-state index is 0.218. The van der Waals surface area contributed by atoms with E-state index in [0.29, 0.717) is 16.4 Å². The third-order valence-corrected chi connectivity index (χ3v) is 3.69. The van der Waals surface area contributed by atoms with Gasteiger partial charge in [0.25, 0.3) is 5.91 Å². The summed E-state index contributed by atoms with van der Waals surface area (Å²) in [6, 6.07) is 5.39. The zero-order valence-corrected chi connectivity index (χ0v) is 11.4. The van der Waals surface area contributed by atoms with E-state index in [-0.39, 0.29) is 5.91 Å². The summed E-state index contributed by atoms with van der Waals surface area (Å²) in [5.74, 6) is -0.218. The van der Waals surface area contributed by atoms with Crippen LogP contribution in [0.2, 0.25) is 0 Å². The molecule has 0 saturated heterocycles. The second-order valence-corrected chi connectivity index (χ2v) is 5.41. The van der Waals surface area contributed by atoms with E-state index in [9.17, 15) is 4.79 Å². The monoisotopic (exact) mass is 261 g/mol. The summed E-state index contributed by atoms with van der Waals surface area (Å²) in [5, 5.41) is 3.38. The van der Waals surface area contributed by atoms with E-state index in [4.69, 9.17) is 5.73 Å². The number of benzene rings is 1. The molecule has 0 spiro atoms. The van der Waals surface area contributed by atoms with Crippen LogP contribution in [0.4, 0.5) is 10.8 Å². The maximum absolute atomic E-state index is 12.1. The Bertz CT molecular complexity index is 585. The lowest BCUT2D eigenvalue weighted by Gasteiger charge is -2.06. The lowest BCUT2D eigenvalue weighted by molar-refractivity contribution is 0.102. The molecule has 4 nitrogen and oxygen atoms in total. The van der Waals surface area contributed by atoms with Gasteiger partial charge in [-0.3, -0.25) is 10.1 Å². The third-order valence-electron chi connectivity index (χ3n) is 2.70. The van der Waals surface area contributed by atoms with Gasteiger partial charge in [-0.2, -0.15) is 0 Å². The Morgan fingerprint density at radius 1 is 1.33 bits per heavy atom. The lowest BCUT2D eigenvalue weighted by atomic mass is 10.1. The summed E-state index contributed by atoms with van der Waals surface area (Å²) < 4.78 is 0. The molecule has 18 heavy (non-hydrogen) atoms. The number of hydrogen-bond donors (Lipinski definition) is 2. The Hall–Kier alpha value is -1.88. The van der Waals surface area contributed by atoms with Gasteiger partial charge < -0.3 is 5.73 Å². The maximum atomic E-state index is 12.1. The van der Waals surface area contributed by atoms with Gasteiger partial charge in [0.15, 0.2) is 5.13 Å². The molecule has 0 saturated carbocycles. The van der Waals surface area contributed by atoms with Crippen molar-refractivity contribution in [1.82, 2.24) is 4.98 Å². The van der Waals surface area contributed by atoms with Gasteiger partial charge in [0.05, 0.1) is 11.3 Å². The van der Waals surface area contributed by atoms with Crippen molar-refractivity contribution in [1.29, 1.82) is 0 Å². The number of aromatic nitrogens is 1. The molecule has 0 aliphatic rings. The normalized spacial score (nSPS) is 10.4. The Kier molecular flexibility index (Phi) is 3.34. The van der Waals surface area contributed by atoms with Gasteiger partial charge in [-0.25, -0.2) is 4.98 Å². The molecule has 1 heterocycles. The fourth-order valence-corrected chi connectivity index (χ4v) is 2.37. The van der Waals surface area contributed by atoms with Crippen molar-refractivity contribution in [2.45, 2.75) is 20.8 Å². The van der Waals surface area contributed by atoms with E-state index in [1.165, 1.54) is 11.3 Å². The van der Waals surface area contributed by atoms with Crippen LogP contribution in [0.1, 0.15) is 26.5 Å². The molecular formula is C13H15N3OS. The molecule has 2 aromatic rings. The summed E-state index contributed by atoms with van der Waals surface area (Å²) in [5.41, 5.74) is 8.70. The fourth-order valence-electron chi connectivity index (χ4n) is 1.56. The van der Waals surface area contributed by atoms with E-state index < -0.39 is 0 Å². The van der Waals surface area contributed by atoms with E-state index in [2.05, 4.69) is 10.3 Å². The highest BCUT2D eigenvalue weighted by Gasteiger charge is 2.12. The standard InChI is InChI=1S/C13H15N3OS/c1-7-4-5-11(14)10(6-7)12(17)16-13-15-8(2)9(3)18-13/h4-6H,14H2,1-3H3,(H,15,16,17). The van der Waals surface area contributed by atoms with Gasteiger partial charge in [-0.05, 0) is 32.9 Å². The van der Waals surface area contributed by atoms with Crippen LogP contribution >= 0.6 is 11.3 Å². The number of carbonyl (C=O) groups is 1. The number of nitrogens with one attached hydrogen (secondary N) is 1. The molecule has 0 aliphatic carbocycles. The van der Waals surface area contributed by atoms with Crippen LogP contribution in [0.15, 0.2) is 18.2 Å². The molecular weight excluding hydrogens is 246 g/mol. The summed E-state index contributed by atoms with van der Waals surface area (Å²) in [4.78, 5) is 17.5. The van der Waals surface area contributed by atoms with Gasteiger partial charge in [0.2, 0.25) is 0 Å². The highest BCUT2D eigenvalue weighted by Crippen LogP contribution is 2.22. The van der Waals surface area contributed by atoms with Crippen LogP contribution in [-0.2, 0) is 0 Å². The van der Waals surface area contributed by atoms with Crippen molar-refractivity contribution in [2.24, 2.45) is 0 Å². The Labute approximate surface area is 110 Å². The van der Waals surface area contributed by atoms with Crippen LogP contribution in [-0.4, -0.2) is 10.9 Å². The summed E-state index contributed by atoms with van der Waals surface area (Å²) in [7, 11) is 0. The number of anilines is 2. The summed E-state index contributed by atoms with van der Waals surface area (Å²) in [6.45, 7) is 5.82. The first-order valence-corrected chi connectivity index (χ1v) is 6.40. The zero-order chi connectivity index (χ0) is 13.3. The number of hydrogen-bond acceptors (Lipinski definition) is 4. The quantitative estimate of drug-likeness (QED) is 0.817. The number of nitrogens with zero attached hydrogens (tertiary/aromatic N) is 1. The van der Waals surface area contributed by atoms with E-state index in [0.717, 1.165) is 16.1 Å². The molecule has 2 rings (SSSR count). The van der Waals surface area contributed by atoms with Gasteiger partial charge in [-0.1, -0.05) is 11.6 Å². The van der Waals surface area contributed by atoms with E-state index >= 15 is 0 Å². The average Bonchev–Trinajstić information content (AvgIpc) is 2.61. The predicted octanol–water partition coefficient (Wildman–Crippen LogP) is 2.90. The third kappa shape index (κ3) is 2.51. The van der Waals surface area contributed by atoms with Crippen molar-refractivity contribution in [3.63, 3.8) is 0 Å². The first kappa shape index (κ1) is 12.6. The molecule has 1 aromatic carbocycles. The number of nitrogen functional groups attached to an aromatic ring is 1. The highest BCUT2D eigenvalue weighted by atomic mass is 32.1. The van der Waals surface area contributed by atoms with Crippen molar-refractivity contribution in [3.8, 4) is 0 Å². The molecule has 0 radical (unpaired) electrons. The topological polar surface area (TPSA) is 68.0 Å². The number of thiazole rings is 1. The van der Waals surface area contributed by atoms with E-state index in [1.807, 2.05) is 26.8 Å². The smallest absolute Gasteiger partial charge is 0.259 e. The van der Waals surface area contributed by atoms with Crippen molar-refractivity contribution >= 4 is 28.1 Å². The minimum Gasteiger partial charge on any atom is -0.398 e. The molecule has 0 atom stereocenters. The largest absolute Gasteiger partial charge is 0.398 e. The Morgan fingerprint density at radius 3 is 2.67 bits per heavy atom. The van der Waals surface area contributed by atoms with Gasteiger partial charge in [0, 0.05) is 10.6 Å². The molecule has 1 aromatic heterocycles. The molecule has 0 fully saturated rings. The molecule has 5 heteroatoms. The Balaban J connectivity index is 2.24. The molecule has 0 aliphatic heterocycles. The molecule has 0 unspecified atom stereocenters. The number of nitrogens with two attached hydrogens (primary N) is 1. The van der Waals surface area contributed by atoms with Crippen LogP contribution in [0.5, 0.6) is 0 Å². The number of carbonyl (C=O) groups excluding carboxylic acids is 1.